The van der Waals surface area contributed by atoms with Gasteiger partial charge in [-0.1, -0.05) is 32.1 Å². The predicted octanol–water partition coefficient (Wildman–Crippen LogP) is 5.23. The molecule has 0 bridgehead atoms. The van der Waals surface area contributed by atoms with E-state index in [9.17, 15) is 13.6 Å². The number of aliphatic imine (C=N–C) groups is 2. The highest BCUT2D eigenvalue weighted by Gasteiger charge is 2.18. The van der Waals surface area contributed by atoms with Gasteiger partial charge in [-0.3, -0.25) is 14.8 Å². The second kappa shape index (κ2) is 21.8. The number of carbonyl (C=O) groups excluding carboxylic acids is 1. The van der Waals surface area contributed by atoms with Gasteiger partial charge in [0.1, 0.15) is 0 Å². The van der Waals surface area contributed by atoms with Gasteiger partial charge in [-0.15, -0.1) is 24.5 Å². The molecule has 0 unspecified atom stereocenters. The normalized spacial score (nSPS) is 16.6. The molecule has 210 valence electrons. The molecule has 1 saturated carbocycles. The van der Waals surface area contributed by atoms with Crippen LogP contribution in [0.4, 0.5) is 8.78 Å². The first-order valence-corrected chi connectivity index (χ1v) is 13.5. The summed E-state index contributed by atoms with van der Waals surface area (Å²) in [6, 6.07) is 0. The lowest BCUT2D eigenvalue weighted by molar-refractivity contribution is -0.117. The van der Waals surface area contributed by atoms with Crippen molar-refractivity contribution in [2.24, 2.45) is 21.6 Å². The van der Waals surface area contributed by atoms with Crippen LogP contribution < -0.4 is 5.73 Å². The Morgan fingerprint density at radius 2 is 1.92 bits per heavy atom. The molecule has 0 aromatic carbocycles. The first kappa shape index (κ1) is 34.7. The summed E-state index contributed by atoms with van der Waals surface area (Å²) in [5, 5.41) is 7.97. The lowest BCUT2D eigenvalue weighted by Gasteiger charge is -2.26. The van der Waals surface area contributed by atoms with Gasteiger partial charge >= 0.3 is 0 Å². The molecule has 1 aliphatic carbocycles. The lowest BCUT2D eigenvalue weighted by atomic mass is 9.87. The number of halogens is 2. The largest absolute Gasteiger partial charge is 0.400 e. The fourth-order valence-corrected chi connectivity index (χ4v) is 5.05. The van der Waals surface area contributed by atoms with Gasteiger partial charge in [-0.25, -0.2) is 13.8 Å². The third kappa shape index (κ3) is 16.2. The summed E-state index contributed by atoms with van der Waals surface area (Å²) in [7, 11) is 1.00. The van der Waals surface area contributed by atoms with E-state index in [1.807, 2.05) is 6.92 Å². The quantitative estimate of drug-likeness (QED) is 0.330. The second-order valence-corrected chi connectivity index (χ2v) is 9.96. The van der Waals surface area contributed by atoms with Crippen molar-refractivity contribution in [2.45, 2.75) is 71.1 Å². The molecule has 3 rings (SSSR count). The second-order valence-electron chi connectivity index (χ2n) is 8.64. The molecule has 2 aliphatic rings. The van der Waals surface area contributed by atoms with Crippen molar-refractivity contribution >= 4 is 30.2 Å². The molecule has 0 spiro atoms. The Morgan fingerprint density at radius 1 is 1.27 bits per heavy atom. The number of thiazole rings is 1. The Morgan fingerprint density at radius 3 is 2.46 bits per heavy atom. The fourth-order valence-electron chi connectivity index (χ4n) is 4.24. The van der Waals surface area contributed by atoms with Gasteiger partial charge in [-0.2, -0.15) is 0 Å². The maximum absolute atomic E-state index is 12.2. The van der Waals surface area contributed by atoms with Crippen LogP contribution in [0.1, 0.15) is 61.3 Å². The van der Waals surface area contributed by atoms with Crippen LogP contribution in [0.15, 0.2) is 40.6 Å². The molecule has 1 aromatic heterocycles. The number of nitrogens with zero attached hydrogens (tertiary/aromatic N) is 4. The van der Waals surface area contributed by atoms with Crippen molar-refractivity contribution in [3.05, 3.63) is 40.5 Å². The summed E-state index contributed by atoms with van der Waals surface area (Å²) in [5.74, 6) is 0.590. The minimum absolute atomic E-state index is 0.302. The van der Waals surface area contributed by atoms with E-state index in [2.05, 4.69) is 39.7 Å². The van der Waals surface area contributed by atoms with E-state index in [0.717, 1.165) is 66.7 Å². The number of aliphatic hydroxyl groups excluding tert-OH is 1. The number of hydrogen-bond donors (Lipinski definition) is 2. The molecule has 1 amide bonds. The van der Waals surface area contributed by atoms with Crippen LogP contribution in [0.25, 0.3) is 0 Å². The number of amides is 1. The molecular formula is C27H45F2N5O2S. The number of aromatic nitrogens is 1. The zero-order valence-electron chi connectivity index (χ0n) is 22.5. The maximum Gasteiger partial charge on any atom is 0.257 e. The Kier molecular flexibility index (Phi) is 20.4. The maximum atomic E-state index is 12.2. The van der Waals surface area contributed by atoms with Crippen molar-refractivity contribution in [2.75, 3.05) is 33.3 Å². The minimum Gasteiger partial charge on any atom is -0.400 e. The van der Waals surface area contributed by atoms with E-state index >= 15 is 0 Å². The van der Waals surface area contributed by atoms with Crippen LogP contribution in [0, 0.1) is 12.8 Å². The van der Waals surface area contributed by atoms with E-state index in [4.69, 9.17) is 10.8 Å². The van der Waals surface area contributed by atoms with Crippen molar-refractivity contribution < 1.29 is 18.7 Å². The fraction of sp³-hybridized carbons (Fsp3) is 0.630. The summed E-state index contributed by atoms with van der Waals surface area (Å²) in [5.41, 5.74) is 6.87. The smallest absolute Gasteiger partial charge is 0.257 e. The number of hydrogen-bond acceptors (Lipinski definition) is 7. The van der Waals surface area contributed by atoms with E-state index in [1.54, 1.807) is 12.4 Å². The molecule has 2 heterocycles. The highest BCUT2D eigenvalue weighted by atomic mass is 32.1. The highest BCUT2D eigenvalue weighted by molar-refractivity contribution is 7.11. The Labute approximate surface area is 225 Å². The Balaban J connectivity index is 0.000000771. The standard InChI is InChI=1S/C18H29F2N3.C6H8N2OS.C2H4.CH4O/c1-21-17-9-12-23(10-7-15-5-3-2-4-6-15)11-8-16(17)13-22-14-18(19)20;1-4-8-3-5(10-4)2-6(7)9;2*1-2/h13,15,18H,1-12,14H2;3H,2H2,1H3,(H2,7,9);1-2H2;2H,1H3. The first-order chi connectivity index (χ1) is 17.9. The van der Waals surface area contributed by atoms with E-state index in [1.165, 1.54) is 49.9 Å². The van der Waals surface area contributed by atoms with Gasteiger partial charge in [0.2, 0.25) is 5.91 Å². The van der Waals surface area contributed by atoms with E-state index < -0.39 is 13.0 Å². The lowest BCUT2D eigenvalue weighted by Crippen LogP contribution is -2.28. The number of carbonyl (C=O) groups is 1. The summed E-state index contributed by atoms with van der Waals surface area (Å²) >= 11 is 1.50. The topological polar surface area (TPSA) is 104 Å². The van der Waals surface area contributed by atoms with Gasteiger partial charge in [-0.05, 0) is 44.5 Å². The Bertz CT molecular complexity index is 823. The molecule has 1 aromatic rings. The molecule has 1 aliphatic heterocycles. The molecule has 0 atom stereocenters. The van der Waals surface area contributed by atoms with Crippen molar-refractivity contribution in [1.82, 2.24) is 9.88 Å². The molecule has 10 heteroatoms. The Hall–Kier alpha value is -2.30. The average molecular weight is 542 g/mol. The predicted molar refractivity (Wildman–Crippen MR) is 152 cm³/mol. The first-order valence-electron chi connectivity index (χ1n) is 12.7. The van der Waals surface area contributed by atoms with Crippen molar-refractivity contribution in [3.63, 3.8) is 0 Å². The van der Waals surface area contributed by atoms with Crippen LogP contribution in [0.3, 0.4) is 0 Å². The van der Waals surface area contributed by atoms with Crippen molar-refractivity contribution in [1.29, 1.82) is 0 Å². The molecule has 37 heavy (non-hydrogen) atoms. The van der Waals surface area contributed by atoms with Gasteiger partial charge in [0.05, 0.1) is 18.0 Å². The third-order valence-corrected chi connectivity index (χ3v) is 6.92. The van der Waals surface area contributed by atoms with Crippen LogP contribution >= 0.6 is 11.3 Å². The average Bonchev–Trinajstić information content (AvgIpc) is 3.20. The summed E-state index contributed by atoms with van der Waals surface area (Å²) < 4.78 is 24.4. The molecule has 0 saturated heterocycles. The number of primary amides is 1. The van der Waals surface area contributed by atoms with Gasteiger partial charge < -0.3 is 15.7 Å². The number of alkyl halides is 2. The van der Waals surface area contributed by atoms with Crippen LogP contribution in [-0.2, 0) is 11.2 Å². The molecule has 7 nitrogen and oxygen atoms in total. The SMILES string of the molecule is C=C.C=NC1=C(C=NCC(F)F)CCN(CCC2CCCCC2)CC1.CO.Cc1ncc(CC(N)=O)s1. The molecule has 3 N–H and O–H groups in total. The number of aliphatic hydroxyl groups is 1. The van der Waals surface area contributed by atoms with Crippen LogP contribution in [0.5, 0.6) is 0 Å². The van der Waals surface area contributed by atoms with Crippen LogP contribution in [0.2, 0.25) is 0 Å². The zero-order valence-corrected chi connectivity index (χ0v) is 23.3. The monoisotopic (exact) mass is 541 g/mol. The molecule has 1 fully saturated rings. The van der Waals surface area contributed by atoms with Gasteiger partial charge in [0.25, 0.3) is 6.43 Å². The minimum atomic E-state index is -2.38. The summed E-state index contributed by atoms with van der Waals surface area (Å²) in [6.45, 7) is 14.2. The number of nitrogens with two attached hydrogens (primary N) is 1. The van der Waals surface area contributed by atoms with E-state index in [0.29, 0.717) is 6.42 Å². The van der Waals surface area contributed by atoms with Crippen molar-refractivity contribution in [3.8, 4) is 0 Å². The van der Waals surface area contributed by atoms with E-state index in [-0.39, 0.29) is 5.91 Å². The van der Waals surface area contributed by atoms with Gasteiger partial charge in [0.15, 0.2) is 0 Å². The zero-order chi connectivity index (χ0) is 28.1. The number of rotatable bonds is 9. The van der Waals surface area contributed by atoms with Crippen LogP contribution in [-0.4, -0.2) is 73.5 Å². The highest BCUT2D eigenvalue weighted by Crippen LogP contribution is 2.27. The van der Waals surface area contributed by atoms with Gasteiger partial charge in [0, 0.05) is 49.6 Å². The molecule has 0 radical (unpaired) electrons. The molecular weight excluding hydrogens is 496 g/mol. The third-order valence-electron chi connectivity index (χ3n) is 6.01. The number of aryl methyl sites for hydroxylation is 1. The summed E-state index contributed by atoms with van der Waals surface area (Å²) in [6.07, 6.45) is 11.1. The summed E-state index contributed by atoms with van der Waals surface area (Å²) in [4.78, 5) is 25.7.